The second kappa shape index (κ2) is 12.4. The average molecular weight is 751 g/mol. The number of benzene rings is 1. The summed E-state index contributed by atoms with van der Waals surface area (Å²) in [6.07, 6.45) is 10.8. The first-order valence-corrected chi connectivity index (χ1v) is 17.3. The van der Waals surface area contributed by atoms with E-state index in [1.165, 1.54) is 10.2 Å². The Morgan fingerprint density at radius 2 is 1.33 bits per heavy atom. The summed E-state index contributed by atoms with van der Waals surface area (Å²) in [7, 11) is -3.69. The highest BCUT2D eigenvalue weighted by Crippen LogP contribution is 2.31. The molecule has 0 radical (unpaired) electrons. The molecule has 0 aliphatic rings. The summed E-state index contributed by atoms with van der Waals surface area (Å²) in [5.41, 5.74) is 4.84. The molecule has 10 nitrogen and oxygen atoms in total. The zero-order valence-corrected chi connectivity index (χ0v) is 28.9. The van der Waals surface area contributed by atoms with E-state index < -0.39 is 10.0 Å². The molecule has 0 fully saturated rings. The summed E-state index contributed by atoms with van der Waals surface area (Å²) in [6.45, 7) is 8.33. The van der Waals surface area contributed by atoms with Gasteiger partial charge in [0.25, 0.3) is 10.0 Å². The number of nitrogens with one attached hydrogen (secondary N) is 1. The smallest absolute Gasteiger partial charge is 0.269 e. The predicted molar refractivity (Wildman–Crippen MR) is 183 cm³/mol. The van der Waals surface area contributed by atoms with Crippen LogP contribution in [-0.2, 0) is 10.0 Å². The Labute approximate surface area is 277 Å². The summed E-state index contributed by atoms with van der Waals surface area (Å²) in [4.78, 5) is 12.1. The van der Waals surface area contributed by atoms with Crippen molar-refractivity contribution in [1.29, 1.82) is 0 Å². The van der Waals surface area contributed by atoms with Gasteiger partial charge in [0.15, 0.2) is 5.65 Å². The standard InChI is InChI=1S/C19H17BrN4O2S.C13H13BrN4/c1-13(2)23-12-17(20)18(22-23)15-10-14-8-9-24(19(14)21-11-15)27(25,26)16-6-4-3-5-7-16;1-8(2)18-7-11(14)12(17-18)10-5-9-3-4-15-13(9)16-6-10/h3-13H,1-2H3;3-8H,1-2H3,(H,15,16). The lowest BCUT2D eigenvalue weighted by Gasteiger charge is -2.07. The first-order valence-electron chi connectivity index (χ1n) is 14.2. The fraction of sp³-hybridized carbons (Fsp3) is 0.188. The highest BCUT2D eigenvalue weighted by atomic mass is 79.9. The maximum Gasteiger partial charge on any atom is 0.269 e. The summed E-state index contributed by atoms with van der Waals surface area (Å²) in [5.74, 6) is 0. The Kier molecular flexibility index (Phi) is 8.51. The molecule has 0 aliphatic heterocycles. The van der Waals surface area contributed by atoms with Gasteiger partial charge >= 0.3 is 0 Å². The Hall–Kier alpha value is -4.07. The molecule has 0 saturated heterocycles. The van der Waals surface area contributed by atoms with Gasteiger partial charge in [-0.25, -0.2) is 22.4 Å². The topological polar surface area (TPSA) is 116 Å². The van der Waals surface area contributed by atoms with Gasteiger partial charge < -0.3 is 4.98 Å². The third kappa shape index (κ3) is 6.11. The highest BCUT2D eigenvalue weighted by molar-refractivity contribution is 9.11. The van der Waals surface area contributed by atoms with Crippen molar-refractivity contribution in [2.45, 2.75) is 44.7 Å². The van der Waals surface area contributed by atoms with E-state index in [2.05, 4.69) is 90.8 Å². The van der Waals surface area contributed by atoms with Crippen molar-refractivity contribution in [2.24, 2.45) is 0 Å². The minimum absolute atomic E-state index is 0.229. The number of aromatic nitrogens is 8. The molecule has 0 spiro atoms. The van der Waals surface area contributed by atoms with Gasteiger partial charge in [-0.1, -0.05) is 18.2 Å². The van der Waals surface area contributed by atoms with E-state index in [4.69, 9.17) is 0 Å². The van der Waals surface area contributed by atoms with Gasteiger partial charge in [-0.15, -0.1) is 0 Å². The van der Waals surface area contributed by atoms with Crippen LogP contribution in [0.1, 0.15) is 39.8 Å². The van der Waals surface area contributed by atoms with Crippen LogP contribution in [-0.4, -0.2) is 46.9 Å². The van der Waals surface area contributed by atoms with E-state index >= 15 is 0 Å². The van der Waals surface area contributed by atoms with Crippen LogP contribution in [0.4, 0.5) is 0 Å². The Morgan fingerprint density at radius 3 is 1.91 bits per heavy atom. The fourth-order valence-electron chi connectivity index (χ4n) is 4.76. The van der Waals surface area contributed by atoms with Gasteiger partial charge in [0.1, 0.15) is 17.0 Å². The molecule has 1 N–H and O–H groups in total. The lowest BCUT2D eigenvalue weighted by Crippen LogP contribution is -2.12. The number of hydrogen-bond donors (Lipinski definition) is 1. The molecule has 0 bridgehead atoms. The van der Waals surface area contributed by atoms with Gasteiger partial charge in [-0.3, -0.25) is 9.36 Å². The average Bonchev–Trinajstić information content (AvgIpc) is 3.82. The first kappa shape index (κ1) is 30.9. The van der Waals surface area contributed by atoms with Crippen molar-refractivity contribution in [3.8, 4) is 22.5 Å². The quantitative estimate of drug-likeness (QED) is 0.183. The SMILES string of the molecule is CC(C)n1cc(Br)c(-c2cnc3[nH]ccc3c2)n1.CC(C)n1cc(Br)c(-c2cnc3c(ccn3S(=O)(=O)c3ccccc3)c2)n1. The molecule has 0 unspecified atom stereocenters. The molecule has 13 heteroatoms. The number of H-pyrrole nitrogens is 1. The van der Waals surface area contributed by atoms with Crippen LogP contribution < -0.4 is 0 Å². The van der Waals surface area contributed by atoms with Crippen LogP contribution in [0.3, 0.4) is 0 Å². The first-order chi connectivity index (χ1) is 21.5. The van der Waals surface area contributed by atoms with Crippen molar-refractivity contribution < 1.29 is 8.42 Å². The monoisotopic (exact) mass is 748 g/mol. The number of aromatic amines is 1. The molecule has 0 aliphatic carbocycles. The molecule has 7 aromatic rings. The van der Waals surface area contributed by atoms with E-state index in [-0.39, 0.29) is 10.9 Å². The molecule has 7 rings (SSSR count). The maximum absolute atomic E-state index is 12.9. The molecular weight excluding hydrogens is 720 g/mol. The third-order valence-electron chi connectivity index (χ3n) is 7.17. The molecule has 45 heavy (non-hydrogen) atoms. The van der Waals surface area contributed by atoms with Crippen molar-refractivity contribution in [1.82, 2.24) is 38.5 Å². The van der Waals surface area contributed by atoms with Gasteiger partial charge in [-0.05, 0) is 96.0 Å². The molecule has 0 atom stereocenters. The number of nitrogens with zero attached hydrogens (tertiary/aromatic N) is 7. The highest BCUT2D eigenvalue weighted by Gasteiger charge is 2.20. The molecule has 1 aromatic carbocycles. The summed E-state index contributed by atoms with van der Waals surface area (Å²) in [6, 6.07) is 16.7. The zero-order valence-electron chi connectivity index (χ0n) is 24.9. The molecule has 0 amide bonds. The summed E-state index contributed by atoms with van der Waals surface area (Å²) >= 11 is 7.10. The van der Waals surface area contributed by atoms with Crippen LogP contribution in [0.15, 0.2) is 106 Å². The van der Waals surface area contributed by atoms with E-state index in [0.29, 0.717) is 11.7 Å². The van der Waals surface area contributed by atoms with E-state index in [9.17, 15) is 8.42 Å². The lowest BCUT2D eigenvalue weighted by atomic mass is 10.2. The zero-order chi connectivity index (χ0) is 31.9. The van der Waals surface area contributed by atoms with E-state index in [0.717, 1.165) is 47.9 Å². The van der Waals surface area contributed by atoms with Gasteiger partial charge in [-0.2, -0.15) is 10.2 Å². The molecular formula is C32H30Br2N8O2S. The second-order valence-corrected chi connectivity index (χ2v) is 14.5. The molecule has 6 aromatic heterocycles. The van der Waals surface area contributed by atoms with Crippen molar-refractivity contribution in [3.05, 3.63) is 101 Å². The van der Waals surface area contributed by atoms with E-state index in [1.54, 1.807) is 42.6 Å². The lowest BCUT2D eigenvalue weighted by molar-refractivity contribution is 0.533. The number of halogens is 2. The van der Waals surface area contributed by atoms with Crippen LogP contribution >= 0.6 is 31.9 Å². The van der Waals surface area contributed by atoms with Crippen LogP contribution in [0.2, 0.25) is 0 Å². The van der Waals surface area contributed by atoms with Gasteiger partial charge in [0.2, 0.25) is 0 Å². The van der Waals surface area contributed by atoms with E-state index in [1.807, 2.05) is 46.3 Å². The Bertz CT molecular complexity index is 2230. The normalized spacial score (nSPS) is 11.9. The minimum atomic E-state index is -3.69. The predicted octanol–water partition coefficient (Wildman–Crippen LogP) is 8.25. The Balaban J connectivity index is 0.000000172. The minimum Gasteiger partial charge on any atom is -0.346 e. The van der Waals surface area contributed by atoms with Crippen molar-refractivity contribution in [3.63, 3.8) is 0 Å². The molecule has 230 valence electrons. The van der Waals surface area contributed by atoms with Crippen molar-refractivity contribution >= 4 is 63.9 Å². The maximum atomic E-state index is 12.9. The van der Waals surface area contributed by atoms with Crippen molar-refractivity contribution in [2.75, 3.05) is 0 Å². The number of rotatable bonds is 6. The number of fused-ring (bicyclic) bond motifs is 2. The van der Waals surface area contributed by atoms with Gasteiger partial charge in [0, 0.05) is 71.2 Å². The molecule has 6 heterocycles. The van der Waals surface area contributed by atoms with Crippen LogP contribution in [0.25, 0.3) is 44.6 Å². The van der Waals surface area contributed by atoms with Crippen LogP contribution in [0.5, 0.6) is 0 Å². The molecule has 0 saturated carbocycles. The number of pyridine rings is 2. The van der Waals surface area contributed by atoms with Crippen LogP contribution in [0, 0.1) is 0 Å². The Morgan fingerprint density at radius 1 is 0.756 bits per heavy atom. The number of hydrogen-bond acceptors (Lipinski definition) is 6. The fourth-order valence-corrected chi connectivity index (χ4v) is 7.12. The summed E-state index contributed by atoms with van der Waals surface area (Å²) in [5, 5.41) is 11.0. The summed E-state index contributed by atoms with van der Waals surface area (Å²) < 4.78 is 32.7. The largest absolute Gasteiger partial charge is 0.346 e. The second-order valence-electron chi connectivity index (χ2n) is 11.0. The van der Waals surface area contributed by atoms with Gasteiger partial charge in [0.05, 0.1) is 13.8 Å². The third-order valence-corrected chi connectivity index (χ3v) is 10.0.